The maximum absolute atomic E-state index is 12.4. The molecule has 1 amide bonds. The lowest BCUT2D eigenvalue weighted by Crippen LogP contribution is -2.34. The van der Waals surface area contributed by atoms with E-state index in [0.717, 1.165) is 11.3 Å². The number of nitrogens with one attached hydrogen (secondary N) is 1. The lowest BCUT2D eigenvalue weighted by molar-refractivity contribution is -0.121. The fraction of sp³-hybridized carbons (Fsp3) is 0.190. The Balaban J connectivity index is 1.32. The largest absolute Gasteiger partial charge is 0.492 e. The van der Waals surface area contributed by atoms with Crippen LogP contribution in [0.1, 0.15) is 0 Å². The van der Waals surface area contributed by atoms with E-state index >= 15 is 0 Å². The maximum atomic E-state index is 12.4. The predicted octanol–water partition coefficient (Wildman–Crippen LogP) is 1.83. The van der Waals surface area contributed by atoms with E-state index in [2.05, 4.69) is 10.3 Å². The number of ether oxygens (including phenoxy) is 3. The molecule has 29 heavy (non-hydrogen) atoms. The van der Waals surface area contributed by atoms with Gasteiger partial charge in [-0.1, -0.05) is 18.2 Å². The Bertz CT molecular complexity index is 1070. The van der Waals surface area contributed by atoms with Crippen molar-refractivity contribution in [1.82, 2.24) is 14.9 Å². The minimum atomic E-state index is -0.316. The van der Waals surface area contributed by atoms with Crippen LogP contribution >= 0.6 is 0 Å². The monoisotopic (exact) mass is 393 g/mol. The summed E-state index contributed by atoms with van der Waals surface area (Å²) in [5.74, 6) is 1.73. The van der Waals surface area contributed by atoms with Crippen LogP contribution in [-0.4, -0.2) is 35.4 Å². The van der Waals surface area contributed by atoms with Gasteiger partial charge in [0.2, 0.25) is 12.7 Å². The third-order valence-corrected chi connectivity index (χ3v) is 4.30. The summed E-state index contributed by atoms with van der Waals surface area (Å²) in [5.41, 5.74) is 0.922. The van der Waals surface area contributed by atoms with Crippen LogP contribution < -0.4 is 25.1 Å². The summed E-state index contributed by atoms with van der Waals surface area (Å²) in [7, 11) is 0. The van der Waals surface area contributed by atoms with E-state index in [9.17, 15) is 9.59 Å². The molecule has 1 aliphatic heterocycles. The summed E-state index contributed by atoms with van der Waals surface area (Å²) in [6, 6.07) is 16.1. The SMILES string of the molecule is O=C(Cn1cnc(-c2ccc3c(c2)OCO3)cc1=O)NCCOc1ccccc1. The average molecular weight is 393 g/mol. The predicted molar refractivity (Wildman–Crippen MR) is 105 cm³/mol. The first-order chi connectivity index (χ1) is 14.2. The highest BCUT2D eigenvalue weighted by Crippen LogP contribution is 2.35. The van der Waals surface area contributed by atoms with Crippen molar-refractivity contribution >= 4 is 5.91 Å². The van der Waals surface area contributed by atoms with E-state index < -0.39 is 0 Å². The van der Waals surface area contributed by atoms with Crippen molar-refractivity contribution in [2.45, 2.75) is 6.54 Å². The van der Waals surface area contributed by atoms with Crippen LogP contribution in [0.3, 0.4) is 0 Å². The molecule has 2 heterocycles. The van der Waals surface area contributed by atoms with E-state index in [1.165, 1.54) is 17.0 Å². The quantitative estimate of drug-likeness (QED) is 0.616. The zero-order valence-electron chi connectivity index (χ0n) is 15.5. The minimum absolute atomic E-state index is 0.113. The number of para-hydroxylation sites is 1. The fourth-order valence-electron chi connectivity index (χ4n) is 2.85. The molecule has 0 spiro atoms. The van der Waals surface area contributed by atoms with E-state index in [1.807, 2.05) is 30.3 Å². The molecule has 8 nitrogen and oxygen atoms in total. The number of carbonyl (C=O) groups is 1. The molecule has 1 aromatic heterocycles. The Kier molecular flexibility index (Phi) is 5.42. The normalized spacial score (nSPS) is 11.9. The van der Waals surface area contributed by atoms with Crippen LogP contribution in [0.25, 0.3) is 11.3 Å². The first-order valence-electron chi connectivity index (χ1n) is 9.10. The highest BCUT2D eigenvalue weighted by Gasteiger charge is 2.15. The Labute approximate surface area is 166 Å². The summed E-state index contributed by atoms with van der Waals surface area (Å²) in [5, 5.41) is 2.72. The second kappa shape index (κ2) is 8.47. The van der Waals surface area contributed by atoms with Crippen LogP contribution in [0.5, 0.6) is 17.2 Å². The zero-order valence-corrected chi connectivity index (χ0v) is 15.5. The lowest BCUT2D eigenvalue weighted by atomic mass is 10.1. The molecular formula is C21H19N3O5. The molecule has 0 aliphatic carbocycles. The van der Waals surface area contributed by atoms with Crippen LogP contribution in [0.4, 0.5) is 0 Å². The number of rotatable bonds is 7. The Morgan fingerprint density at radius 3 is 2.76 bits per heavy atom. The van der Waals surface area contributed by atoms with Crippen molar-refractivity contribution in [2.24, 2.45) is 0 Å². The van der Waals surface area contributed by atoms with E-state index in [1.54, 1.807) is 18.2 Å². The molecule has 0 bridgehead atoms. The number of carbonyl (C=O) groups excluding carboxylic acids is 1. The van der Waals surface area contributed by atoms with Gasteiger partial charge in [-0.25, -0.2) is 4.98 Å². The third-order valence-electron chi connectivity index (χ3n) is 4.30. The fourth-order valence-corrected chi connectivity index (χ4v) is 2.85. The Morgan fingerprint density at radius 2 is 1.93 bits per heavy atom. The summed E-state index contributed by atoms with van der Waals surface area (Å²) < 4.78 is 17.4. The lowest BCUT2D eigenvalue weighted by Gasteiger charge is -2.09. The van der Waals surface area contributed by atoms with Crippen molar-refractivity contribution in [2.75, 3.05) is 19.9 Å². The van der Waals surface area contributed by atoms with Gasteiger partial charge >= 0.3 is 0 Å². The topological polar surface area (TPSA) is 91.7 Å². The zero-order chi connectivity index (χ0) is 20.1. The number of amides is 1. The number of fused-ring (bicyclic) bond motifs is 1. The Morgan fingerprint density at radius 1 is 1.10 bits per heavy atom. The van der Waals surface area contributed by atoms with Crippen molar-refractivity contribution in [3.63, 3.8) is 0 Å². The smallest absolute Gasteiger partial charge is 0.254 e. The maximum Gasteiger partial charge on any atom is 0.254 e. The van der Waals surface area contributed by atoms with Crippen LogP contribution in [0, 0.1) is 0 Å². The van der Waals surface area contributed by atoms with Crippen LogP contribution in [0.2, 0.25) is 0 Å². The molecule has 148 valence electrons. The standard InChI is InChI=1S/C21H19N3O5/c25-20(22-8-9-27-16-4-2-1-3-5-16)12-24-13-23-17(11-21(24)26)15-6-7-18-19(10-15)29-14-28-18/h1-7,10-11,13H,8-9,12,14H2,(H,22,25). The molecule has 1 N–H and O–H groups in total. The summed E-state index contributed by atoms with van der Waals surface area (Å²) in [6.07, 6.45) is 1.36. The number of hydrogen-bond acceptors (Lipinski definition) is 6. The van der Waals surface area contributed by atoms with Crippen molar-refractivity contribution in [3.05, 3.63) is 71.3 Å². The van der Waals surface area contributed by atoms with Gasteiger partial charge in [-0.15, -0.1) is 0 Å². The number of aromatic nitrogens is 2. The average Bonchev–Trinajstić information content (AvgIpc) is 3.21. The molecule has 3 aromatic rings. The molecule has 8 heteroatoms. The van der Waals surface area contributed by atoms with Gasteiger partial charge in [0.25, 0.3) is 5.56 Å². The van der Waals surface area contributed by atoms with E-state index in [4.69, 9.17) is 14.2 Å². The van der Waals surface area contributed by atoms with E-state index in [-0.39, 0.29) is 24.8 Å². The third kappa shape index (κ3) is 4.55. The van der Waals surface area contributed by atoms with Gasteiger partial charge in [0.05, 0.1) is 18.6 Å². The highest BCUT2D eigenvalue weighted by atomic mass is 16.7. The molecule has 1 aliphatic rings. The van der Waals surface area contributed by atoms with Gasteiger partial charge in [0.15, 0.2) is 11.5 Å². The second-order valence-electron chi connectivity index (χ2n) is 6.32. The van der Waals surface area contributed by atoms with Gasteiger partial charge < -0.3 is 19.5 Å². The van der Waals surface area contributed by atoms with Gasteiger partial charge in [-0.3, -0.25) is 14.2 Å². The van der Waals surface area contributed by atoms with Gasteiger partial charge in [-0.2, -0.15) is 0 Å². The molecule has 0 saturated heterocycles. The number of hydrogen-bond donors (Lipinski definition) is 1. The summed E-state index contributed by atoms with van der Waals surface area (Å²) >= 11 is 0. The Hall–Kier alpha value is -3.81. The molecule has 0 saturated carbocycles. The minimum Gasteiger partial charge on any atom is -0.492 e. The summed E-state index contributed by atoms with van der Waals surface area (Å²) in [4.78, 5) is 28.7. The summed E-state index contributed by atoms with van der Waals surface area (Å²) in [6.45, 7) is 0.745. The first-order valence-corrected chi connectivity index (χ1v) is 9.10. The van der Waals surface area contributed by atoms with E-state index in [0.29, 0.717) is 30.3 Å². The molecule has 0 atom stereocenters. The molecule has 4 rings (SSSR count). The first kappa shape index (κ1) is 18.5. The second-order valence-corrected chi connectivity index (χ2v) is 6.32. The van der Waals surface area contributed by atoms with Gasteiger partial charge in [0.1, 0.15) is 18.9 Å². The van der Waals surface area contributed by atoms with Crippen molar-refractivity contribution < 1.29 is 19.0 Å². The number of benzene rings is 2. The number of nitrogens with zero attached hydrogens (tertiary/aromatic N) is 2. The van der Waals surface area contributed by atoms with Crippen LogP contribution in [-0.2, 0) is 11.3 Å². The molecular weight excluding hydrogens is 374 g/mol. The molecule has 2 aromatic carbocycles. The molecule has 0 fully saturated rings. The van der Waals surface area contributed by atoms with Crippen molar-refractivity contribution in [1.29, 1.82) is 0 Å². The molecule has 0 radical (unpaired) electrons. The van der Waals surface area contributed by atoms with Gasteiger partial charge in [0, 0.05) is 11.6 Å². The molecule has 0 unspecified atom stereocenters. The van der Waals surface area contributed by atoms with Gasteiger partial charge in [-0.05, 0) is 30.3 Å². The highest BCUT2D eigenvalue weighted by molar-refractivity contribution is 5.75. The van der Waals surface area contributed by atoms with Crippen molar-refractivity contribution in [3.8, 4) is 28.5 Å². The van der Waals surface area contributed by atoms with Crippen LogP contribution in [0.15, 0.2) is 65.7 Å².